The molecule has 1 rings (SSSR count). The molecule has 1 amide bonds. The van der Waals surface area contributed by atoms with Crippen molar-refractivity contribution in [3.8, 4) is 0 Å². The van der Waals surface area contributed by atoms with Crippen molar-refractivity contribution in [1.29, 1.82) is 0 Å². The van der Waals surface area contributed by atoms with Crippen molar-refractivity contribution in [3.05, 3.63) is 35.9 Å². The van der Waals surface area contributed by atoms with Gasteiger partial charge in [0.05, 0.1) is 6.54 Å². The van der Waals surface area contributed by atoms with Crippen LogP contribution >= 0.6 is 31.9 Å². The Morgan fingerprint density at radius 3 is 2.28 bits per heavy atom. The Bertz CT molecular complexity index is 399. The summed E-state index contributed by atoms with van der Waals surface area (Å²) in [5, 5.41) is 2.72. The number of carbonyl (C=O) groups excluding carboxylic acids is 1. The Kier molecular flexibility index (Phi) is 5.22. The fourth-order valence-corrected chi connectivity index (χ4v) is 2.09. The van der Waals surface area contributed by atoms with Gasteiger partial charge in [0, 0.05) is 0 Å². The van der Waals surface area contributed by atoms with Gasteiger partial charge in [0.1, 0.15) is 8.83 Å². The molecule has 100 valence electrons. The van der Waals surface area contributed by atoms with Gasteiger partial charge in [0.2, 0.25) is 0 Å². The predicted octanol–water partition coefficient (Wildman–Crippen LogP) is 4.15. The van der Waals surface area contributed by atoms with E-state index in [1.165, 1.54) is 0 Å². The van der Waals surface area contributed by atoms with Gasteiger partial charge in [-0.3, -0.25) is 0 Å². The van der Waals surface area contributed by atoms with Crippen molar-refractivity contribution in [2.75, 3.05) is 6.54 Å². The number of hydrogen-bond acceptors (Lipinski definition) is 2. The summed E-state index contributed by atoms with van der Waals surface area (Å²) < 4.78 is 4.69. The van der Waals surface area contributed by atoms with E-state index in [0.717, 1.165) is 5.56 Å². The number of alkyl halides is 2. The highest BCUT2D eigenvalue weighted by molar-refractivity contribution is 9.24. The van der Waals surface area contributed by atoms with Crippen LogP contribution in [0, 0.1) is 0 Å². The number of carbonyl (C=O) groups is 1. The van der Waals surface area contributed by atoms with E-state index in [0.29, 0.717) is 6.54 Å². The molecule has 0 fully saturated rings. The first-order valence-electron chi connectivity index (χ1n) is 5.61. The van der Waals surface area contributed by atoms with Crippen LogP contribution in [0.2, 0.25) is 0 Å². The fourth-order valence-electron chi connectivity index (χ4n) is 1.28. The minimum absolute atomic E-state index is 0.381. The Balaban J connectivity index is 2.55. The molecule has 1 N–H and O–H groups in total. The summed E-state index contributed by atoms with van der Waals surface area (Å²) in [5.74, 6) is 0. The van der Waals surface area contributed by atoms with E-state index in [2.05, 4.69) is 37.2 Å². The van der Waals surface area contributed by atoms with Crippen LogP contribution in [-0.4, -0.2) is 18.2 Å². The summed E-state index contributed by atoms with van der Waals surface area (Å²) in [5.41, 5.74) is 0.541. The molecular weight excluding hydrogens is 362 g/mol. The third kappa shape index (κ3) is 5.40. The highest BCUT2D eigenvalue weighted by Gasteiger charge is 2.26. The standard InChI is InChI=1S/C13H17Br2NO2/c1-12(2,3)18-11(17)16-9-13(14,15)10-7-5-4-6-8-10/h4-8H,9H2,1-3H3,(H,16,17). The maximum atomic E-state index is 11.6. The first kappa shape index (κ1) is 15.5. The molecule has 3 nitrogen and oxygen atoms in total. The first-order valence-corrected chi connectivity index (χ1v) is 7.19. The van der Waals surface area contributed by atoms with Crippen molar-refractivity contribution in [1.82, 2.24) is 5.32 Å². The fraction of sp³-hybridized carbons (Fsp3) is 0.462. The molecule has 0 unspecified atom stereocenters. The van der Waals surface area contributed by atoms with Crippen LogP contribution in [0.4, 0.5) is 4.79 Å². The second-order valence-electron chi connectivity index (χ2n) is 4.93. The smallest absolute Gasteiger partial charge is 0.407 e. The molecule has 0 aliphatic carbocycles. The molecule has 5 heteroatoms. The lowest BCUT2D eigenvalue weighted by Gasteiger charge is -2.24. The van der Waals surface area contributed by atoms with E-state index < -0.39 is 14.9 Å². The molecule has 0 heterocycles. The Labute approximate surface area is 125 Å². The van der Waals surface area contributed by atoms with Gasteiger partial charge in [0.15, 0.2) is 0 Å². The summed E-state index contributed by atoms with van der Waals surface area (Å²) in [6, 6.07) is 9.78. The Hall–Kier alpha value is -0.550. The largest absolute Gasteiger partial charge is 0.444 e. The Morgan fingerprint density at radius 2 is 1.78 bits per heavy atom. The second kappa shape index (κ2) is 6.06. The molecule has 0 spiro atoms. The first-order chi connectivity index (χ1) is 8.21. The minimum atomic E-state index is -0.488. The molecule has 0 saturated carbocycles. The van der Waals surface area contributed by atoms with Crippen LogP contribution in [0.25, 0.3) is 0 Å². The summed E-state index contributed by atoms with van der Waals surface area (Å²) in [7, 11) is 0. The SMILES string of the molecule is CC(C)(C)OC(=O)NCC(Br)(Br)c1ccccc1. The van der Waals surface area contributed by atoms with Gasteiger partial charge < -0.3 is 10.1 Å². The van der Waals surface area contributed by atoms with E-state index in [-0.39, 0.29) is 0 Å². The van der Waals surface area contributed by atoms with E-state index in [4.69, 9.17) is 4.74 Å². The van der Waals surface area contributed by atoms with Gasteiger partial charge in [-0.1, -0.05) is 62.2 Å². The number of rotatable bonds is 3. The average Bonchev–Trinajstić information content (AvgIpc) is 2.26. The van der Waals surface area contributed by atoms with Gasteiger partial charge >= 0.3 is 6.09 Å². The zero-order chi connectivity index (χ0) is 13.8. The van der Waals surface area contributed by atoms with Crippen molar-refractivity contribution in [3.63, 3.8) is 0 Å². The molecule has 1 aromatic carbocycles. The van der Waals surface area contributed by atoms with Crippen LogP contribution < -0.4 is 5.32 Å². The van der Waals surface area contributed by atoms with Crippen LogP contribution in [0.3, 0.4) is 0 Å². The topological polar surface area (TPSA) is 38.3 Å². The third-order valence-electron chi connectivity index (χ3n) is 2.05. The van der Waals surface area contributed by atoms with Crippen LogP contribution in [-0.2, 0) is 7.97 Å². The number of alkyl carbamates (subject to hydrolysis) is 1. The summed E-state index contributed by atoms with van der Waals surface area (Å²) in [6.45, 7) is 5.88. The lowest BCUT2D eigenvalue weighted by atomic mass is 10.1. The zero-order valence-electron chi connectivity index (χ0n) is 10.7. The van der Waals surface area contributed by atoms with E-state index in [9.17, 15) is 4.79 Å². The van der Waals surface area contributed by atoms with Gasteiger partial charge in [0.25, 0.3) is 0 Å². The molecule has 0 saturated heterocycles. The average molecular weight is 379 g/mol. The van der Waals surface area contributed by atoms with E-state index in [1.54, 1.807) is 0 Å². The second-order valence-corrected chi connectivity index (χ2v) is 8.70. The molecule has 0 bridgehead atoms. The quantitative estimate of drug-likeness (QED) is 0.802. The number of benzene rings is 1. The number of nitrogens with one attached hydrogen (secondary N) is 1. The monoisotopic (exact) mass is 377 g/mol. The van der Waals surface area contributed by atoms with Crippen molar-refractivity contribution < 1.29 is 9.53 Å². The zero-order valence-corrected chi connectivity index (χ0v) is 13.8. The minimum Gasteiger partial charge on any atom is -0.444 e. The maximum absolute atomic E-state index is 11.6. The molecule has 0 aromatic heterocycles. The highest BCUT2D eigenvalue weighted by atomic mass is 79.9. The van der Waals surface area contributed by atoms with E-state index in [1.807, 2.05) is 51.1 Å². The lowest BCUT2D eigenvalue weighted by molar-refractivity contribution is 0.0527. The summed E-state index contributed by atoms with van der Waals surface area (Å²) in [6.07, 6.45) is -0.429. The van der Waals surface area contributed by atoms with Gasteiger partial charge in [-0.05, 0) is 26.3 Å². The molecule has 0 atom stereocenters. The van der Waals surface area contributed by atoms with Crippen molar-refractivity contribution >= 4 is 38.0 Å². The van der Waals surface area contributed by atoms with Gasteiger partial charge in [-0.25, -0.2) is 4.79 Å². The normalized spacial score (nSPS) is 12.1. The lowest BCUT2D eigenvalue weighted by Crippen LogP contribution is -2.37. The molecule has 0 aliphatic rings. The molecular formula is C13H17Br2NO2. The summed E-state index contributed by atoms with van der Waals surface area (Å²) in [4.78, 5) is 11.6. The number of ether oxygens (including phenoxy) is 1. The predicted molar refractivity (Wildman–Crippen MR) is 80.2 cm³/mol. The van der Waals surface area contributed by atoms with Crippen molar-refractivity contribution in [2.45, 2.75) is 29.6 Å². The maximum Gasteiger partial charge on any atom is 0.407 e. The van der Waals surface area contributed by atoms with Gasteiger partial charge in [-0.15, -0.1) is 0 Å². The summed E-state index contributed by atoms with van der Waals surface area (Å²) >= 11 is 7.09. The van der Waals surface area contributed by atoms with E-state index >= 15 is 0 Å². The van der Waals surface area contributed by atoms with Crippen LogP contribution in [0.15, 0.2) is 30.3 Å². The molecule has 0 radical (unpaired) electrons. The van der Waals surface area contributed by atoms with Gasteiger partial charge in [-0.2, -0.15) is 0 Å². The third-order valence-corrected chi connectivity index (χ3v) is 3.53. The molecule has 1 aromatic rings. The highest BCUT2D eigenvalue weighted by Crippen LogP contribution is 2.37. The molecule has 0 aliphatic heterocycles. The Morgan fingerprint density at radius 1 is 1.22 bits per heavy atom. The van der Waals surface area contributed by atoms with Crippen molar-refractivity contribution in [2.24, 2.45) is 0 Å². The number of halogens is 2. The number of amides is 1. The number of hydrogen-bond donors (Lipinski definition) is 1. The van der Waals surface area contributed by atoms with Crippen LogP contribution in [0.1, 0.15) is 26.3 Å². The molecule has 18 heavy (non-hydrogen) atoms. The van der Waals surface area contributed by atoms with Crippen LogP contribution in [0.5, 0.6) is 0 Å².